The number of carbonyl (C=O) groups is 1. The summed E-state index contributed by atoms with van der Waals surface area (Å²) in [6.07, 6.45) is 5.31. The fourth-order valence-electron chi connectivity index (χ4n) is 1.76. The summed E-state index contributed by atoms with van der Waals surface area (Å²) >= 11 is 0. The Kier molecular flexibility index (Phi) is 0.770. The summed E-state index contributed by atoms with van der Waals surface area (Å²) in [5, 5.41) is 0. The number of hydrogen-bond donors (Lipinski definition) is 1. The molecule has 0 heterocycles. The predicted octanol–water partition coefficient (Wildman–Crippen LogP) is 0.294. The Bertz CT molecular complexity index is 185. The van der Waals surface area contributed by atoms with Crippen LogP contribution in [0.5, 0.6) is 0 Å². The average molecular weight is 123 g/mol. The molecule has 2 aliphatic rings. The van der Waals surface area contributed by atoms with E-state index in [2.05, 4.69) is 12.2 Å². The van der Waals surface area contributed by atoms with Gasteiger partial charge in [0, 0.05) is 5.92 Å². The van der Waals surface area contributed by atoms with Crippen LogP contribution in [0.15, 0.2) is 12.2 Å². The van der Waals surface area contributed by atoms with Gasteiger partial charge in [-0.3, -0.25) is 4.79 Å². The molecular formula is C7H9NO. The van der Waals surface area contributed by atoms with Crippen LogP contribution in [0.4, 0.5) is 0 Å². The van der Waals surface area contributed by atoms with Gasteiger partial charge in [0.1, 0.15) is 0 Å². The summed E-state index contributed by atoms with van der Waals surface area (Å²) in [7, 11) is 0. The predicted molar refractivity (Wildman–Crippen MR) is 33.4 cm³/mol. The highest BCUT2D eigenvalue weighted by atomic mass is 16.1. The molecule has 3 atom stereocenters. The van der Waals surface area contributed by atoms with E-state index in [1.54, 1.807) is 0 Å². The van der Waals surface area contributed by atoms with E-state index in [4.69, 9.17) is 5.73 Å². The molecule has 0 aliphatic heterocycles. The molecule has 0 bridgehead atoms. The van der Waals surface area contributed by atoms with Crippen LogP contribution in [0.25, 0.3) is 0 Å². The second-order valence-corrected chi connectivity index (χ2v) is 2.83. The Balaban J connectivity index is 2.10. The monoisotopic (exact) mass is 123 g/mol. The van der Waals surface area contributed by atoms with E-state index in [1.165, 1.54) is 0 Å². The van der Waals surface area contributed by atoms with Gasteiger partial charge in [0.05, 0.1) is 0 Å². The minimum atomic E-state index is -0.116. The maximum atomic E-state index is 10.6. The minimum Gasteiger partial charge on any atom is -0.369 e. The fourth-order valence-corrected chi connectivity index (χ4v) is 1.76. The fraction of sp³-hybridized carbons (Fsp3) is 0.571. The zero-order chi connectivity index (χ0) is 6.43. The molecule has 9 heavy (non-hydrogen) atoms. The van der Waals surface area contributed by atoms with Crippen molar-refractivity contribution in [3.63, 3.8) is 0 Å². The van der Waals surface area contributed by atoms with Crippen LogP contribution >= 0.6 is 0 Å². The standard InChI is InChI=1S/C7H9NO/c8-7(9)6-4-2-1-3-5(4)6/h1-2,4-6H,3H2,(H2,8,9)/t4-,5+,6+/m1/s1. The second-order valence-electron chi connectivity index (χ2n) is 2.83. The number of allylic oxidation sites excluding steroid dienone is 2. The summed E-state index contributed by atoms with van der Waals surface area (Å²) in [4.78, 5) is 10.6. The molecule has 1 fully saturated rings. The van der Waals surface area contributed by atoms with E-state index in [1.807, 2.05) is 0 Å². The molecule has 2 heteroatoms. The average Bonchev–Trinajstić information content (AvgIpc) is 2.30. The summed E-state index contributed by atoms with van der Waals surface area (Å²) in [6, 6.07) is 0. The first-order valence-electron chi connectivity index (χ1n) is 3.26. The first kappa shape index (κ1) is 5.03. The lowest BCUT2D eigenvalue weighted by atomic mass is 10.2. The van der Waals surface area contributed by atoms with Gasteiger partial charge in [-0.2, -0.15) is 0 Å². The highest BCUT2D eigenvalue weighted by molar-refractivity contribution is 5.81. The van der Waals surface area contributed by atoms with Gasteiger partial charge in [-0.15, -0.1) is 0 Å². The highest BCUT2D eigenvalue weighted by Gasteiger charge is 2.53. The van der Waals surface area contributed by atoms with Gasteiger partial charge < -0.3 is 5.73 Å². The van der Waals surface area contributed by atoms with Crippen LogP contribution in [0.2, 0.25) is 0 Å². The van der Waals surface area contributed by atoms with Crippen molar-refractivity contribution < 1.29 is 4.79 Å². The van der Waals surface area contributed by atoms with E-state index in [-0.39, 0.29) is 11.8 Å². The van der Waals surface area contributed by atoms with Crippen molar-refractivity contribution in [2.45, 2.75) is 6.42 Å². The molecule has 2 aliphatic carbocycles. The molecule has 1 amide bonds. The number of carbonyl (C=O) groups excluding carboxylic acids is 1. The Morgan fingerprint density at radius 1 is 1.67 bits per heavy atom. The number of nitrogens with two attached hydrogens (primary N) is 1. The van der Waals surface area contributed by atoms with Crippen molar-refractivity contribution in [2.24, 2.45) is 23.5 Å². The molecule has 0 aromatic carbocycles. The number of primary amides is 1. The quantitative estimate of drug-likeness (QED) is 0.500. The molecule has 0 aromatic rings. The lowest BCUT2D eigenvalue weighted by Gasteiger charge is -1.89. The van der Waals surface area contributed by atoms with Gasteiger partial charge in [0.25, 0.3) is 0 Å². The molecule has 0 radical (unpaired) electrons. The van der Waals surface area contributed by atoms with E-state index < -0.39 is 0 Å². The molecule has 2 nitrogen and oxygen atoms in total. The summed E-state index contributed by atoms with van der Waals surface area (Å²) in [6.45, 7) is 0. The third kappa shape index (κ3) is 0.530. The van der Waals surface area contributed by atoms with Crippen LogP contribution in [-0.2, 0) is 4.79 Å². The largest absolute Gasteiger partial charge is 0.369 e. The van der Waals surface area contributed by atoms with Crippen molar-refractivity contribution in [3.05, 3.63) is 12.2 Å². The van der Waals surface area contributed by atoms with Gasteiger partial charge in [0.15, 0.2) is 0 Å². The van der Waals surface area contributed by atoms with Crippen LogP contribution in [0.1, 0.15) is 6.42 Å². The zero-order valence-electron chi connectivity index (χ0n) is 5.08. The first-order chi connectivity index (χ1) is 4.30. The summed E-state index contributed by atoms with van der Waals surface area (Å²) in [5.74, 6) is 1.18. The SMILES string of the molecule is NC(=O)[C@H]1[C@@H]2C=CC[C@@H]21. The van der Waals surface area contributed by atoms with Gasteiger partial charge in [-0.25, -0.2) is 0 Å². The van der Waals surface area contributed by atoms with Crippen LogP contribution < -0.4 is 5.73 Å². The summed E-state index contributed by atoms with van der Waals surface area (Å²) < 4.78 is 0. The smallest absolute Gasteiger partial charge is 0.221 e. The molecule has 48 valence electrons. The van der Waals surface area contributed by atoms with E-state index in [0.29, 0.717) is 11.8 Å². The number of rotatable bonds is 1. The third-order valence-electron chi connectivity index (χ3n) is 2.32. The summed E-state index contributed by atoms with van der Waals surface area (Å²) in [5.41, 5.74) is 5.12. The number of fused-ring (bicyclic) bond motifs is 1. The highest BCUT2D eigenvalue weighted by Crippen LogP contribution is 2.53. The molecule has 0 aromatic heterocycles. The van der Waals surface area contributed by atoms with Crippen LogP contribution in [-0.4, -0.2) is 5.91 Å². The van der Waals surface area contributed by atoms with Crippen LogP contribution in [0, 0.1) is 17.8 Å². The van der Waals surface area contributed by atoms with Crippen molar-refractivity contribution in [1.82, 2.24) is 0 Å². The van der Waals surface area contributed by atoms with Crippen molar-refractivity contribution in [1.29, 1.82) is 0 Å². The van der Waals surface area contributed by atoms with Gasteiger partial charge in [-0.1, -0.05) is 12.2 Å². The lowest BCUT2D eigenvalue weighted by Crippen LogP contribution is -2.15. The third-order valence-corrected chi connectivity index (χ3v) is 2.32. The van der Waals surface area contributed by atoms with Gasteiger partial charge >= 0.3 is 0 Å². The van der Waals surface area contributed by atoms with Gasteiger partial charge in [-0.05, 0) is 18.3 Å². The second kappa shape index (κ2) is 1.38. The normalized spacial score (nSPS) is 44.7. The van der Waals surface area contributed by atoms with Gasteiger partial charge in [0.2, 0.25) is 5.91 Å². The van der Waals surface area contributed by atoms with E-state index in [0.717, 1.165) is 6.42 Å². The van der Waals surface area contributed by atoms with E-state index >= 15 is 0 Å². The number of amides is 1. The Morgan fingerprint density at radius 3 is 2.78 bits per heavy atom. The Labute approximate surface area is 53.7 Å². The number of hydrogen-bond acceptors (Lipinski definition) is 1. The van der Waals surface area contributed by atoms with E-state index in [9.17, 15) is 4.79 Å². The Hall–Kier alpha value is -0.790. The first-order valence-corrected chi connectivity index (χ1v) is 3.26. The maximum absolute atomic E-state index is 10.6. The molecule has 2 rings (SSSR count). The van der Waals surface area contributed by atoms with Crippen LogP contribution in [0.3, 0.4) is 0 Å². The molecule has 0 saturated heterocycles. The Morgan fingerprint density at radius 2 is 2.44 bits per heavy atom. The molecule has 2 N–H and O–H groups in total. The van der Waals surface area contributed by atoms with Crippen molar-refractivity contribution in [2.75, 3.05) is 0 Å². The molecule has 0 spiro atoms. The molecule has 1 saturated carbocycles. The lowest BCUT2D eigenvalue weighted by molar-refractivity contribution is -0.119. The minimum absolute atomic E-state index is 0.116. The van der Waals surface area contributed by atoms with Crippen molar-refractivity contribution in [3.8, 4) is 0 Å². The topological polar surface area (TPSA) is 43.1 Å². The van der Waals surface area contributed by atoms with Crippen molar-refractivity contribution >= 4 is 5.91 Å². The molecular weight excluding hydrogens is 114 g/mol. The zero-order valence-corrected chi connectivity index (χ0v) is 5.08. The molecule has 0 unspecified atom stereocenters. The maximum Gasteiger partial charge on any atom is 0.221 e.